The Labute approximate surface area is 87.9 Å². The summed E-state index contributed by atoms with van der Waals surface area (Å²) in [5.41, 5.74) is 3.52. The maximum atomic E-state index is 9.57. The fraction of sp³-hybridized carbons (Fsp3) is 0.455. The van der Waals surface area contributed by atoms with E-state index in [2.05, 4.69) is 36.7 Å². The van der Waals surface area contributed by atoms with Gasteiger partial charge in [-0.1, -0.05) is 35.8 Å². The summed E-state index contributed by atoms with van der Waals surface area (Å²) in [6.07, 6.45) is 0. The molecule has 0 amide bonds. The molecule has 13 heavy (non-hydrogen) atoms. The molecule has 0 aliphatic rings. The predicted octanol–water partition coefficient (Wildman–Crippen LogP) is 3.72. The third kappa shape index (κ3) is 2.05. The first-order valence-electron chi connectivity index (χ1n) is 4.45. The molecular weight excluding hydrogens is 228 g/mol. The molecule has 0 spiro atoms. The van der Waals surface area contributed by atoms with Gasteiger partial charge in [-0.25, -0.2) is 0 Å². The second-order valence-electron chi connectivity index (χ2n) is 3.57. The summed E-state index contributed by atoms with van der Waals surface area (Å²) in [5.74, 6) is 0.900. The van der Waals surface area contributed by atoms with Crippen molar-refractivity contribution in [1.29, 1.82) is 0 Å². The van der Waals surface area contributed by atoms with Gasteiger partial charge in [0, 0.05) is 10.9 Å². The van der Waals surface area contributed by atoms with Crippen LogP contribution in [0.3, 0.4) is 0 Å². The van der Waals surface area contributed by atoms with Crippen LogP contribution in [-0.4, -0.2) is 5.11 Å². The number of aromatic hydroxyl groups is 1. The van der Waals surface area contributed by atoms with E-state index in [1.54, 1.807) is 6.07 Å². The molecule has 0 bridgehead atoms. The lowest BCUT2D eigenvalue weighted by atomic mass is 9.94. The van der Waals surface area contributed by atoms with Crippen molar-refractivity contribution in [2.24, 2.45) is 0 Å². The van der Waals surface area contributed by atoms with Crippen LogP contribution in [0.2, 0.25) is 0 Å². The van der Waals surface area contributed by atoms with E-state index in [-0.39, 0.29) is 0 Å². The molecule has 1 N–H and O–H groups in total. The Balaban J connectivity index is 3.27. The van der Waals surface area contributed by atoms with Crippen LogP contribution in [0.25, 0.3) is 0 Å². The summed E-state index contributed by atoms with van der Waals surface area (Å²) in [6.45, 7) is 6.39. The van der Waals surface area contributed by atoms with E-state index in [0.717, 1.165) is 5.56 Å². The van der Waals surface area contributed by atoms with E-state index in [4.69, 9.17) is 0 Å². The summed E-state index contributed by atoms with van der Waals surface area (Å²) >= 11 is 3.38. The molecule has 0 unspecified atom stereocenters. The van der Waals surface area contributed by atoms with Gasteiger partial charge in [-0.2, -0.15) is 0 Å². The molecule has 0 heterocycles. The van der Waals surface area contributed by atoms with Crippen molar-refractivity contribution in [1.82, 2.24) is 0 Å². The molecule has 0 aromatic heterocycles. The lowest BCUT2D eigenvalue weighted by Crippen LogP contribution is -1.96. The van der Waals surface area contributed by atoms with Crippen LogP contribution in [0.5, 0.6) is 5.75 Å². The molecule has 72 valence electrons. The predicted molar refractivity (Wildman–Crippen MR) is 59.6 cm³/mol. The van der Waals surface area contributed by atoms with Crippen molar-refractivity contribution in [3.8, 4) is 5.75 Å². The second kappa shape index (κ2) is 4.14. The van der Waals surface area contributed by atoms with E-state index >= 15 is 0 Å². The number of alkyl halides is 1. The largest absolute Gasteiger partial charge is 0.508 e. The normalized spacial score (nSPS) is 10.8. The molecule has 1 aromatic carbocycles. The van der Waals surface area contributed by atoms with Crippen molar-refractivity contribution >= 4 is 15.9 Å². The molecule has 0 radical (unpaired) electrons. The number of halogens is 1. The maximum Gasteiger partial charge on any atom is 0.119 e. The topological polar surface area (TPSA) is 20.2 Å². The standard InChI is InChI=1S/C11H15BrO/c1-7(2)9-4-5-11(13)10(6-12)8(9)3/h4-5,7,13H,6H2,1-3H3. The first-order chi connectivity index (χ1) is 6.07. The van der Waals surface area contributed by atoms with Crippen LogP contribution < -0.4 is 0 Å². The highest BCUT2D eigenvalue weighted by atomic mass is 79.9. The summed E-state index contributed by atoms with van der Waals surface area (Å²) in [7, 11) is 0. The van der Waals surface area contributed by atoms with Crippen molar-refractivity contribution in [2.75, 3.05) is 0 Å². The Bertz CT molecular complexity index is 305. The third-order valence-electron chi connectivity index (χ3n) is 2.37. The Morgan fingerprint density at radius 2 is 2.00 bits per heavy atom. The van der Waals surface area contributed by atoms with Gasteiger partial charge in [0.2, 0.25) is 0 Å². The number of hydrogen-bond donors (Lipinski definition) is 1. The summed E-state index contributed by atoms with van der Waals surface area (Å²) < 4.78 is 0. The van der Waals surface area contributed by atoms with Gasteiger partial charge < -0.3 is 5.11 Å². The van der Waals surface area contributed by atoms with Crippen LogP contribution in [0, 0.1) is 6.92 Å². The molecule has 1 nitrogen and oxygen atoms in total. The van der Waals surface area contributed by atoms with Crippen molar-refractivity contribution in [3.05, 3.63) is 28.8 Å². The first-order valence-corrected chi connectivity index (χ1v) is 5.57. The molecule has 0 fully saturated rings. The van der Waals surface area contributed by atoms with Gasteiger partial charge >= 0.3 is 0 Å². The molecule has 0 aliphatic heterocycles. The van der Waals surface area contributed by atoms with Crippen LogP contribution >= 0.6 is 15.9 Å². The molecule has 0 saturated heterocycles. The number of phenolic OH excluding ortho intramolecular Hbond substituents is 1. The van der Waals surface area contributed by atoms with Gasteiger partial charge in [-0.3, -0.25) is 0 Å². The minimum Gasteiger partial charge on any atom is -0.508 e. The molecular formula is C11H15BrO. The Morgan fingerprint density at radius 1 is 1.38 bits per heavy atom. The van der Waals surface area contributed by atoms with Gasteiger partial charge in [-0.15, -0.1) is 0 Å². The SMILES string of the molecule is Cc1c(C(C)C)ccc(O)c1CBr. The highest BCUT2D eigenvalue weighted by molar-refractivity contribution is 9.08. The quantitative estimate of drug-likeness (QED) is 0.785. The summed E-state index contributed by atoms with van der Waals surface area (Å²) in [4.78, 5) is 0. The summed E-state index contributed by atoms with van der Waals surface area (Å²) in [6, 6.07) is 3.78. The highest BCUT2D eigenvalue weighted by Crippen LogP contribution is 2.29. The smallest absolute Gasteiger partial charge is 0.119 e. The average molecular weight is 243 g/mol. The Hall–Kier alpha value is -0.500. The van der Waals surface area contributed by atoms with Crippen molar-refractivity contribution in [3.63, 3.8) is 0 Å². The zero-order valence-corrected chi connectivity index (χ0v) is 9.85. The second-order valence-corrected chi connectivity index (χ2v) is 4.13. The number of hydrogen-bond acceptors (Lipinski definition) is 1. The lowest BCUT2D eigenvalue weighted by molar-refractivity contribution is 0.469. The van der Waals surface area contributed by atoms with E-state index in [9.17, 15) is 5.11 Å². The molecule has 1 aromatic rings. The van der Waals surface area contributed by atoms with Crippen LogP contribution in [0.15, 0.2) is 12.1 Å². The van der Waals surface area contributed by atoms with E-state index in [1.807, 2.05) is 6.07 Å². The number of benzene rings is 1. The monoisotopic (exact) mass is 242 g/mol. The van der Waals surface area contributed by atoms with Crippen molar-refractivity contribution in [2.45, 2.75) is 32.0 Å². The first kappa shape index (κ1) is 10.6. The minimum absolute atomic E-state index is 0.388. The molecule has 0 atom stereocenters. The zero-order chi connectivity index (χ0) is 10.0. The highest BCUT2D eigenvalue weighted by Gasteiger charge is 2.10. The van der Waals surface area contributed by atoms with E-state index in [1.165, 1.54) is 11.1 Å². The van der Waals surface area contributed by atoms with Gasteiger partial charge in [0.25, 0.3) is 0 Å². The number of rotatable bonds is 2. The van der Waals surface area contributed by atoms with Gasteiger partial charge in [0.1, 0.15) is 5.75 Å². The lowest BCUT2D eigenvalue weighted by Gasteiger charge is -2.13. The molecule has 2 heteroatoms. The molecule has 0 saturated carbocycles. The van der Waals surface area contributed by atoms with Gasteiger partial charge in [0.05, 0.1) is 0 Å². The van der Waals surface area contributed by atoms with Gasteiger partial charge in [0.15, 0.2) is 0 Å². The van der Waals surface area contributed by atoms with E-state index < -0.39 is 0 Å². The molecule has 0 aliphatic carbocycles. The minimum atomic E-state index is 0.388. The fourth-order valence-corrected chi connectivity index (χ4v) is 2.26. The van der Waals surface area contributed by atoms with Crippen molar-refractivity contribution < 1.29 is 5.11 Å². The van der Waals surface area contributed by atoms with Gasteiger partial charge in [-0.05, 0) is 30.0 Å². The third-order valence-corrected chi connectivity index (χ3v) is 2.93. The van der Waals surface area contributed by atoms with Crippen LogP contribution in [0.4, 0.5) is 0 Å². The number of phenols is 1. The maximum absolute atomic E-state index is 9.57. The van der Waals surface area contributed by atoms with Crippen LogP contribution in [0.1, 0.15) is 36.5 Å². The Morgan fingerprint density at radius 3 is 2.46 bits per heavy atom. The average Bonchev–Trinajstić information content (AvgIpc) is 2.04. The van der Waals surface area contributed by atoms with E-state index in [0.29, 0.717) is 17.0 Å². The van der Waals surface area contributed by atoms with Crippen LogP contribution in [-0.2, 0) is 5.33 Å². The zero-order valence-electron chi connectivity index (χ0n) is 8.26. The molecule has 1 rings (SSSR count). The summed E-state index contributed by atoms with van der Waals surface area (Å²) in [5, 5.41) is 10.3. The Kier molecular flexibility index (Phi) is 3.37. The fourth-order valence-electron chi connectivity index (χ4n) is 1.55.